The average Bonchev–Trinajstić information content (AvgIpc) is 2.34. The van der Waals surface area contributed by atoms with Gasteiger partial charge >= 0.3 is 0 Å². The lowest BCUT2D eigenvalue weighted by molar-refractivity contribution is 0.100. The number of carbonyl (C=O) groups is 1. The minimum absolute atomic E-state index is 0.352. The SMILES string of the molecule is NC(=O)c1cc(N)ccc1Nc1ccc(Cl)cc1. The number of nitrogens with two attached hydrogens (primary N) is 2. The zero-order valence-electron chi connectivity index (χ0n) is 9.48. The Hall–Kier alpha value is -2.20. The monoisotopic (exact) mass is 261 g/mol. The van der Waals surface area contributed by atoms with E-state index in [1.807, 2.05) is 12.1 Å². The van der Waals surface area contributed by atoms with Crippen LogP contribution in [0, 0.1) is 0 Å². The largest absolute Gasteiger partial charge is 0.399 e. The van der Waals surface area contributed by atoms with Gasteiger partial charge in [-0.25, -0.2) is 0 Å². The number of rotatable bonds is 3. The van der Waals surface area contributed by atoms with E-state index in [0.717, 1.165) is 5.69 Å². The summed E-state index contributed by atoms with van der Waals surface area (Å²) < 4.78 is 0. The van der Waals surface area contributed by atoms with E-state index in [1.165, 1.54) is 0 Å². The van der Waals surface area contributed by atoms with Gasteiger partial charge in [-0.3, -0.25) is 4.79 Å². The molecule has 4 nitrogen and oxygen atoms in total. The van der Waals surface area contributed by atoms with Crippen LogP contribution >= 0.6 is 11.6 Å². The van der Waals surface area contributed by atoms with Crippen LogP contribution in [0.3, 0.4) is 0 Å². The summed E-state index contributed by atoms with van der Waals surface area (Å²) in [6.45, 7) is 0. The molecule has 0 aliphatic carbocycles. The van der Waals surface area contributed by atoms with Gasteiger partial charge < -0.3 is 16.8 Å². The van der Waals surface area contributed by atoms with Crippen molar-refractivity contribution in [2.24, 2.45) is 5.73 Å². The molecule has 1 amide bonds. The molecule has 92 valence electrons. The molecular weight excluding hydrogens is 250 g/mol. The molecule has 0 aromatic heterocycles. The zero-order valence-corrected chi connectivity index (χ0v) is 10.2. The number of primary amides is 1. The number of hydrogen-bond acceptors (Lipinski definition) is 3. The Labute approximate surface area is 110 Å². The topological polar surface area (TPSA) is 81.1 Å². The third kappa shape index (κ3) is 2.73. The van der Waals surface area contributed by atoms with Gasteiger partial charge in [0, 0.05) is 16.4 Å². The van der Waals surface area contributed by atoms with Crippen molar-refractivity contribution in [2.45, 2.75) is 0 Å². The molecule has 0 atom stereocenters. The van der Waals surface area contributed by atoms with E-state index >= 15 is 0 Å². The Morgan fingerprint density at radius 3 is 2.39 bits per heavy atom. The highest BCUT2D eigenvalue weighted by Gasteiger charge is 2.08. The Morgan fingerprint density at radius 1 is 1.11 bits per heavy atom. The first-order valence-electron chi connectivity index (χ1n) is 5.28. The molecule has 2 rings (SSSR count). The quantitative estimate of drug-likeness (QED) is 0.743. The summed E-state index contributed by atoms with van der Waals surface area (Å²) in [5.74, 6) is -0.529. The van der Waals surface area contributed by atoms with Crippen molar-refractivity contribution in [1.29, 1.82) is 0 Å². The van der Waals surface area contributed by atoms with Crippen molar-refractivity contribution >= 4 is 34.6 Å². The molecule has 5 N–H and O–H groups in total. The van der Waals surface area contributed by atoms with Crippen molar-refractivity contribution in [3.63, 3.8) is 0 Å². The molecule has 0 aliphatic rings. The van der Waals surface area contributed by atoms with Crippen LogP contribution in [-0.2, 0) is 0 Å². The van der Waals surface area contributed by atoms with Gasteiger partial charge in [-0.15, -0.1) is 0 Å². The number of benzene rings is 2. The molecule has 0 unspecified atom stereocenters. The van der Waals surface area contributed by atoms with Gasteiger partial charge in [-0.2, -0.15) is 0 Å². The maximum Gasteiger partial charge on any atom is 0.250 e. The van der Waals surface area contributed by atoms with Crippen LogP contribution in [0.2, 0.25) is 5.02 Å². The number of nitrogen functional groups attached to an aromatic ring is 1. The molecule has 0 heterocycles. The molecule has 0 fully saturated rings. The summed E-state index contributed by atoms with van der Waals surface area (Å²) in [7, 11) is 0. The highest BCUT2D eigenvalue weighted by atomic mass is 35.5. The smallest absolute Gasteiger partial charge is 0.250 e. The molecule has 0 saturated heterocycles. The third-order valence-corrected chi connectivity index (χ3v) is 2.68. The van der Waals surface area contributed by atoms with E-state index in [1.54, 1.807) is 30.3 Å². The lowest BCUT2D eigenvalue weighted by atomic mass is 10.1. The van der Waals surface area contributed by atoms with Crippen LogP contribution < -0.4 is 16.8 Å². The number of halogens is 1. The maximum atomic E-state index is 11.3. The van der Waals surface area contributed by atoms with Gasteiger partial charge in [-0.1, -0.05) is 11.6 Å². The molecule has 5 heteroatoms. The fourth-order valence-electron chi connectivity index (χ4n) is 1.56. The first-order valence-corrected chi connectivity index (χ1v) is 5.66. The van der Waals surface area contributed by atoms with Crippen molar-refractivity contribution in [2.75, 3.05) is 11.1 Å². The van der Waals surface area contributed by atoms with E-state index in [4.69, 9.17) is 23.1 Å². The molecule has 0 aliphatic heterocycles. The first kappa shape index (κ1) is 12.3. The number of hydrogen-bond donors (Lipinski definition) is 3. The third-order valence-electron chi connectivity index (χ3n) is 2.43. The Balaban J connectivity index is 2.34. The summed E-state index contributed by atoms with van der Waals surface area (Å²) >= 11 is 5.80. The lowest BCUT2D eigenvalue weighted by Gasteiger charge is -2.10. The predicted molar refractivity (Wildman–Crippen MR) is 74.1 cm³/mol. The van der Waals surface area contributed by atoms with E-state index in [0.29, 0.717) is 22.0 Å². The van der Waals surface area contributed by atoms with E-state index in [9.17, 15) is 4.79 Å². The lowest BCUT2D eigenvalue weighted by Crippen LogP contribution is -2.13. The molecule has 2 aromatic rings. The Morgan fingerprint density at radius 2 is 1.78 bits per heavy atom. The van der Waals surface area contributed by atoms with Crippen molar-refractivity contribution in [1.82, 2.24) is 0 Å². The standard InChI is InChI=1S/C13H12ClN3O/c14-8-1-4-10(5-2-8)17-12-6-3-9(15)7-11(12)13(16)18/h1-7,17H,15H2,(H2,16,18). The van der Waals surface area contributed by atoms with Crippen LogP contribution in [0.15, 0.2) is 42.5 Å². The maximum absolute atomic E-state index is 11.3. The molecular formula is C13H12ClN3O. The number of amides is 1. The average molecular weight is 262 g/mol. The van der Waals surface area contributed by atoms with Crippen molar-refractivity contribution < 1.29 is 4.79 Å². The molecule has 0 saturated carbocycles. The van der Waals surface area contributed by atoms with Gasteiger partial charge in [0.1, 0.15) is 0 Å². The predicted octanol–water partition coefficient (Wildman–Crippen LogP) is 2.76. The summed E-state index contributed by atoms with van der Waals surface area (Å²) in [4.78, 5) is 11.3. The Bertz CT molecular complexity index is 581. The second-order valence-electron chi connectivity index (χ2n) is 3.80. The molecule has 0 bridgehead atoms. The van der Waals surface area contributed by atoms with Gasteiger partial charge in [0.2, 0.25) is 0 Å². The van der Waals surface area contributed by atoms with Gasteiger partial charge in [-0.05, 0) is 42.5 Å². The van der Waals surface area contributed by atoms with Crippen LogP contribution in [0.4, 0.5) is 17.1 Å². The zero-order chi connectivity index (χ0) is 13.1. The summed E-state index contributed by atoms with van der Waals surface area (Å²) in [6.07, 6.45) is 0. The van der Waals surface area contributed by atoms with E-state index in [-0.39, 0.29) is 0 Å². The summed E-state index contributed by atoms with van der Waals surface area (Å²) in [5, 5.41) is 3.74. The van der Waals surface area contributed by atoms with Gasteiger partial charge in [0.25, 0.3) is 5.91 Å². The fourth-order valence-corrected chi connectivity index (χ4v) is 1.69. The number of anilines is 3. The van der Waals surface area contributed by atoms with Crippen LogP contribution in [0.25, 0.3) is 0 Å². The minimum Gasteiger partial charge on any atom is -0.399 e. The van der Waals surface area contributed by atoms with E-state index in [2.05, 4.69) is 5.32 Å². The van der Waals surface area contributed by atoms with Crippen molar-refractivity contribution in [3.8, 4) is 0 Å². The highest BCUT2D eigenvalue weighted by Crippen LogP contribution is 2.23. The Kier molecular flexibility index (Phi) is 3.39. The second kappa shape index (κ2) is 4.98. The molecule has 2 aromatic carbocycles. The second-order valence-corrected chi connectivity index (χ2v) is 4.24. The summed E-state index contributed by atoms with van der Waals surface area (Å²) in [6, 6.07) is 12.1. The van der Waals surface area contributed by atoms with Crippen LogP contribution in [0.5, 0.6) is 0 Å². The number of carbonyl (C=O) groups excluding carboxylic acids is 1. The normalized spacial score (nSPS) is 10.1. The van der Waals surface area contributed by atoms with Crippen molar-refractivity contribution in [3.05, 3.63) is 53.1 Å². The van der Waals surface area contributed by atoms with Gasteiger partial charge in [0.15, 0.2) is 0 Å². The minimum atomic E-state index is -0.529. The summed E-state index contributed by atoms with van der Waals surface area (Å²) in [5.41, 5.74) is 13.2. The number of nitrogens with one attached hydrogen (secondary N) is 1. The highest BCUT2D eigenvalue weighted by molar-refractivity contribution is 6.30. The first-order chi connectivity index (χ1) is 8.56. The molecule has 18 heavy (non-hydrogen) atoms. The fraction of sp³-hybridized carbons (Fsp3) is 0. The van der Waals surface area contributed by atoms with Crippen LogP contribution in [0.1, 0.15) is 10.4 Å². The van der Waals surface area contributed by atoms with Gasteiger partial charge in [0.05, 0.1) is 11.3 Å². The van der Waals surface area contributed by atoms with Crippen LogP contribution in [-0.4, -0.2) is 5.91 Å². The molecule has 0 radical (unpaired) electrons. The molecule has 0 spiro atoms. The van der Waals surface area contributed by atoms with E-state index < -0.39 is 5.91 Å².